The Morgan fingerprint density at radius 3 is 2.83 bits per heavy atom. The summed E-state index contributed by atoms with van der Waals surface area (Å²) in [6.07, 6.45) is 2.60. The molecule has 5 heteroatoms. The standard InChI is InChI=1S/C13H22N4O/c1-10(2)17-12-11(6-4-8-15-12)13(18)16-9-5-7-14-3/h4,6,8,10,14H,5,7,9H2,1-3H3,(H,15,17)(H,16,18). The second kappa shape index (κ2) is 7.66. The molecule has 100 valence electrons. The van der Waals surface area contributed by atoms with Gasteiger partial charge < -0.3 is 16.0 Å². The fourth-order valence-electron chi connectivity index (χ4n) is 1.54. The Morgan fingerprint density at radius 2 is 2.17 bits per heavy atom. The van der Waals surface area contributed by atoms with E-state index in [1.807, 2.05) is 20.9 Å². The van der Waals surface area contributed by atoms with Crippen LogP contribution in [0.2, 0.25) is 0 Å². The molecule has 0 aliphatic heterocycles. The van der Waals surface area contributed by atoms with Crippen LogP contribution in [0.25, 0.3) is 0 Å². The lowest BCUT2D eigenvalue weighted by atomic mass is 10.2. The van der Waals surface area contributed by atoms with Crippen molar-refractivity contribution in [2.75, 3.05) is 25.5 Å². The third kappa shape index (κ3) is 4.71. The van der Waals surface area contributed by atoms with Crippen LogP contribution in [0.15, 0.2) is 18.3 Å². The zero-order valence-corrected chi connectivity index (χ0v) is 11.3. The third-order valence-electron chi connectivity index (χ3n) is 2.37. The molecule has 18 heavy (non-hydrogen) atoms. The van der Waals surface area contributed by atoms with Crippen LogP contribution in [0.3, 0.4) is 0 Å². The molecule has 0 spiro atoms. The Hall–Kier alpha value is -1.62. The zero-order valence-electron chi connectivity index (χ0n) is 11.3. The number of nitrogens with zero attached hydrogens (tertiary/aromatic N) is 1. The highest BCUT2D eigenvalue weighted by Crippen LogP contribution is 2.12. The summed E-state index contributed by atoms with van der Waals surface area (Å²) >= 11 is 0. The third-order valence-corrected chi connectivity index (χ3v) is 2.37. The minimum atomic E-state index is -0.0812. The molecule has 1 aromatic heterocycles. The summed E-state index contributed by atoms with van der Waals surface area (Å²) in [5.41, 5.74) is 0.593. The molecule has 0 aliphatic carbocycles. The van der Waals surface area contributed by atoms with Crippen molar-refractivity contribution in [1.82, 2.24) is 15.6 Å². The van der Waals surface area contributed by atoms with Gasteiger partial charge in [-0.25, -0.2) is 4.98 Å². The molecule has 5 nitrogen and oxygen atoms in total. The summed E-state index contributed by atoms with van der Waals surface area (Å²) in [6, 6.07) is 3.80. The molecule has 0 aliphatic rings. The maximum Gasteiger partial charge on any atom is 0.255 e. The molecule has 1 amide bonds. The average Bonchev–Trinajstić information content (AvgIpc) is 2.34. The lowest BCUT2D eigenvalue weighted by Gasteiger charge is -2.13. The first kappa shape index (κ1) is 14.4. The summed E-state index contributed by atoms with van der Waals surface area (Å²) in [7, 11) is 1.90. The predicted molar refractivity (Wildman–Crippen MR) is 73.9 cm³/mol. The molecular formula is C13H22N4O. The molecule has 0 unspecified atom stereocenters. The van der Waals surface area contributed by atoms with Crippen molar-refractivity contribution in [2.45, 2.75) is 26.3 Å². The van der Waals surface area contributed by atoms with Crippen molar-refractivity contribution in [3.63, 3.8) is 0 Å². The monoisotopic (exact) mass is 250 g/mol. The number of amides is 1. The van der Waals surface area contributed by atoms with Crippen molar-refractivity contribution < 1.29 is 4.79 Å². The second-order valence-electron chi connectivity index (χ2n) is 4.41. The fourth-order valence-corrected chi connectivity index (χ4v) is 1.54. The smallest absolute Gasteiger partial charge is 0.255 e. The summed E-state index contributed by atoms with van der Waals surface area (Å²) < 4.78 is 0. The van der Waals surface area contributed by atoms with Crippen LogP contribution in [0.4, 0.5) is 5.82 Å². The molecule has 0 fully saturated rings. The Bertz CT molecular complexity index is 379. The van der Waals surface area contributed by atoms with E-state index in [1.54, 1.807) is 18.3 Å². The first-order valence-corrected chi connectivity index (χ1v) is 6.29. The van der Waals surface area contributed by atoms with Crippen LogP contribution in [0.5, 0.6) is 0 Å². The topological polar surface area (TPSA) is 66.0 Å². The number of pyridine rings is 1. The minimum absolute atomic E-state index is 0.0812. The van der Waals surface area contributed by atoms with Gasteiger partial charge in [0.25, 0.3) is 5.91 Å². The van der Waals surface area contributed by atoms with E-state index in [-0.39, 0.29) is 11.9 Å². The van der Waals surface area contributed by atoms with Gasteiger partial charge in [0, 0.05) is 18.8 Å². The summed E-state index contributed by atoms with van der Waals surface area (Å²) in [5.74, 6) is 0.556. The van der Waals surface area contributed by atoms with E-state index < -0.39 is 0 Å². The van der Waals surface area contributed by atoms with Crippen LogP contribution in [0, 0.1) is 0 Å². The van der Waals surface area contributed by atoms with Gasteiger partial charge in [-0.3, -0.25) is 4.79 Å². The number of hydrogen-bond donors (Lipinski definition) is 3. The molecule has 0 bridgehead atoms. The number of aromatic nitrogens is 1. The number of anilines is 1. The van der Waals surface area contributed by atoms with Crippen molar-refractivity contribution in [3.8, 4) is 0 Å². The Balaban J connectivity index is 2.61. The number of carbonyl (C=O) groups excluding carboxylic acids is 1. The van der Waals surface area contributed by atoms with E-state index >= 15 is 0 Å². The molecule has 0 radical (unpaired) electrons. The largest absolute Gasteiger partial charge is 0.367 e. The summed E-state index contributed by atoms with van der Waals surface area (Å²) in [5, 5.41) is 9.10. The Morgan fingerprint density at radius 1 is 1.39 bits per heavy atom. The van der Waals surface area contributed by atoms with Gasteiger partial charge in [0.15, 0.2) is 0 Å². The van der Waals surface area contributed by atoms with E-state index in [1.165, 1.54) is 0 Å². The summed E-state index contributed by atoms with van der Waals surface area (Å²) in [4.78, 5) is 16.2. The van der Waals surface area contributed by atoms with E-state index in [9.17, 15) is 4.79 Å². The van der Waals surface area contributed by atoms with Gasteiger partial charge in [0.2, 0.25) is 0 Å². The predicted octanol–water partition coefficient (Wildman–Crippen LogP) is 1.24. The van der Waals surface area contributed by atoms with Gasteiger partial charge in [0.05, 0.1) is 5.56 Å². The van der Waals surface area contributed by atoms with Crippen molar-refractivity contribution in [3.05, 3.63) is 23.9 Å². The fraction of sp³-hybridized carbons (Fsp3) is 0.538. The van der Waals surface area contributed by atoms with Crippen LogP contribution >= 0.6 is 0 Å². The first-order valence-electron chi connectivity index (χ1n) is 6.29. The highest BCUT2D eigenvalue weighted by Gasteiger charge is 2.11. The molecular weight excluding hydrogens is 228 g/mol. The highest BCUT2D eigenvalue weighted by molar-refractivity contribution is 5.98. The molecule has 0 atom stereocenters. The maximum absolute atomic E-state index is 12.0. The van der Waals surface area contributed by atoms with Gasteiger partial charge in [-0.15, -0.1) is 0 Å². The number of rotatable bonds is 7. The number of nitrogens with one attached hydrogen (secondary N) is 3. The van der Waals surface area contributed by atoms with Crippen molar-refractivity contribution in [2.24, 2.45) is 0 Å². The molecule has 1 heterocycles. The van der Waals surface area contributed by atoms with Gasteiger partial charge in [-0.2, -0.15) is 0 Å². The molecule has 0 saturated heterocycles. The molecule has 0 aromatic carbocycles. The lowest BCUT2D eigenvalue weighted by Crippen LogP contribution is -2.28. The molecule has 1 aromatic rings. The number of carbonyl (C=O) groups is 1. The van der Waals surface area contributed by atoms with E-state index in [0.717, 1.165) is 13.0 Å². The van der Waals surface area contributed by atoms with Crippen LogP contribution < -0.4 is 16.0 Å². The molecule has 1 rings (SSSR count). The molecule has 0 saturated carbocycles. The van der Waals surface area contributed by atoms with Crippen LogP contribution in [-0.2, 0) is 0 Å². The Labute approximate surface area is 108 Å². The highest BCUT2D eigenvalue weighted by atomic mass is 16.1. The SMILES string of the molecule is CNCCCNC(=O)c1cccnc1NC(C)C. The van der Waals surface area contributed by atoms with Crippen molar-refractivity contribution in [1.29, 1.82) is 0 Å². The maximum atomic E-state index is 12.0. The van der Waals surface area contributed by atoms with Crippen LogP contribution in [0.1, 0.15) is 30.6 Å². The zero-order chi connectivity index (χ0) is 13.4. The van der Waals surface area contributed by atoms with Crippen LogP contribution in [-0.4, -0.2) is 37.1 Å². The van der Waals surface area contributed by atoms with E-state index in [0.29, 0.717) is 17.9 Å². The van der Waals surface area contributed by atoms with E-state index in [2.05, 4.69) is 20.9 Å². The first-order chi connectivity index (χ1) is 8.65. The average molecular weight is 250 g/mol. The lowest BCUT2D eigenvalue weighted by molar-refractivity contribution is 0.0954. The van der Waals surface area contributed by atoms with Gasteiger partial charge >= 0.3 is 0 Å². The van der Waals surface area contributed by atoms with Gasteiger partial charge in [-0.1, -0.05) is 0 Å². The van der Waals surface area contributed by atoms with Gasteiger partial charge in [0.1, 0.15) is 5.82 Å². The van der Waals surface area contributed by atoms with Crippen molar-refractivity contribution >= 4 is 11.7 Å². The Kier molecular flexibility index (Phi) is 6.14. The quantitative estimate of drug-likeness (QED) is 0.637. The van der Waals surface area contributed by atoms with E-state index in [4.69, 9.17) is 0 Å². The minimum Gasteiger partial charge on any atom is -0.367 e. The normalized spacial score (nSPS) is 10.4. The summed E-state index contributed by atoms with van der Waals surface area (Å²) in [6.45, 7) is 5.59. The molecule has 3 N–H and O–H groups in total. The second-order valence-corrected chi connectivity index (χ2v) is 4.41. The van der Waals surface area contributed by atoms with Gasteiger partial charge in [-0.05, 0) is 46.0 Å². The number of hydrogen-bond acceptors (Lipinski definition) is 4.